The maximum atomic E-state index is 5.65. The summed E-state index contributed by atoms with van der Waals surface area (Å²) in [5, 5.41) is 12.9. The van der Waals surface area contributed by atoms with Gasteiger partial charge < -0.3 is 4.90 Å². The normalized spacial score (nSPS) is 13.8. The fourth-order valence-electron chi connectivity index (χ4n) is 14.2. The quantitative estimate of drug-likeness (QED) is 0.0674. The van der Waals surface area contributed by atoms with Crippen molar-refractivity contribution < 1.29 is 0 Å². The van der Waals surface area contributed by atoms with Gasteiger partial charge in [-0.25, -0.2) is 4.99 Å². The van der Waals surface area contributed by atoms with Crippen molar-refractivity contribution in [3.05, 3.63) is 299 Å². The van der Waals surface area contributed by atoms with Crippen LogP contribution in [-0.4, -0.2) is 33.2 Å². The van der Waals surface area contributed by atoms with Crippen LogP contribution in [0.2, 0.25) is 0 Å². The summed E-state index contributed by atoms with van der Waals surface area (Å²) in [6.07, 6.45) is 23.4. The summed E-state index contributed by atoms with van der Waals surface area (Å²) in [6, 6.07) is 75.9. The van der Waals surface area contributed by atoms with Gasteiger partial charge in [0.1, 0.15) is 0 Å². The van der Waals surface area contributed by atoms with E-state index in [1.54, 1.807) is 0 Å². The number of nitrogens with zero attached hydrogens (tertiary/aromatic N) is 4. The average molecular weight is 1220 g/mol. The van der Waals surface area contributed by atoms with Gasteiger partial charge in [-0.15, -0.1) is 0 Å². The second-order valence-corrected chi connectivity index (χ2v) is 24.7. The van der Waals surface area contributed by atoms with Crippen LogP contribution in [0.25, 0.3) is 87.5 Å². The maximum Gasteiger partial charge on any atom is 0.0907 e. The van der Waals surface area contributed by atoms with E-state index < -0.39 is 0 Å². The number of fused-ring (bicyclic) bond motifs is 9. The number of allylic oxidation sites excluding steroid dienone is 3. The third-order valence-corrected chi connectivity index (χ3v) is 18.7. The van der Waals surface area contributed by atoms with Crippen LogP contribution in [0.3, 0.4) is 0 Å². The number of aryl methyl sites for hydroxylation is 5. The first-order valence-corrected chi connectivity index (χ1v) is 34.6. The van der Waals surface area contributed by atoms with Crippen LogP contribution in [0, 0.1) is 20.8 Å². The molecule has 0 fully saturated rings. The van der Waals surface area contributed by atoms with Crippen LogP contribution in [0.1, 0.15) is 149 Å². The summed E-state index contributed by atoms with van der Waals surface area (Å²) < 4.78 is 0. The molecule has 0 bridgehead atoms. The standard InChI is InChI=1S/C53H50N2.C32H30N2.2C2H6/c1-6-16-36(8-3)44-31-46-42-23-13-11-21-40(42)41-22-12-14-24-43(41)47(46)32-48(44)51-33-45(39-26-25-37-19-9-10-20-38(37)30-39)53-50(55(51)29-7-2)28-27-49(54-53)52-34(4)17-15-18-35(52)5;1-24-16-17-29(20-31(24)32-21-28-13-5-6-14-30(28)23-34-32)27-15-7-11-25(19-27)9-3-2-4-10-26-12-8-18-33-22-26;2*1-2/h9-15,17-28,30-33,36,50H,6-8,16,29H2,1-5H3;5-8,11-23H,2-4,9-10H2,1H3;2*1-2H3. The first kappa shape index (κ1) is 65.0. The van der Waals surface area contributed by atoms with Crippen LogP contribution in [-0.2, 0) is 12.8 Å². The molecule has 0 radical (unpaired) electrons. The van der Waals surface area contributed by atoms with Crippen molar-refractivity contribution in [3.63, 3.8) is 0 Å². The number of benzene rings is 10. The van der Waals surface area contributed by atoms with Gasteiger partial charge in [-0.2, -0.15) is 0 Å². The number of hydrogen-bond acceptors (Lipinski definition) is 4. The summed E-state index contributed by atoms with van der Waals surface area (Å²) in [6.45, 7) is 22.5. The fourth-order valence-corrected chi connectivity index (χ4v) is 14.2. The number of aliphatic imine (C=N–C) groups is 1. The molecule has 2 unspecified atom stereocenters. The largest absolute Gasteiger partial charge is 0.359 e. The highest BCUT2D eigenvalue weighted by atomic mass is 15.2. The molecule has 2 atom stereocenters. The molecule has 0 saturated heterocycles. The molecule has 0 aliphatic carbocycles. The highest BCUT2D eigenvalue weighted by molar-refractivity contribution is 6.26. The zero-order chi connectivity index (χ0) is 64.8. The van der Waals surface area contributed by atoms with Crippen molar-refractivity contribution in [2.24, 2.45) is 4.99 Å². The molecule has 10 aromatic carbocycles. The molecular weight excluding hydrogens is 1130 g/mol. The predicted octanol–water partition coefficient (Wildman–Crippen LogP) is 24.4. The van der Waals surface area contributed by atoms with Gasteiger partial charge in [-0.1, -0.05) is 237 Å². The van der Waals surface area contributed by atoms with Gasteiger partial charge in [-0.05, 0) is 219 Å². The lowest BCUT2D eigenvalue weighted by Gasteiger charge is -2.41. The molecule has 4 nitrogen and oxygen atoms in total. The molecule has 2 aromatic heterocycles. The minimum atomic E-state index is 0.0117. The Bertz CT molecular complexity index is 4690. The summed E-state index contributed by atoms with van der Waals surface area (Å²) >= 11 is 0. The van der Waals surface area contributed by atoms with Gasteiger partial charge in [0.05, 0.1) is 23.1 Å². The zero-order valence-corrected chi connectivity index (χ0v) is 56.6. The maximum absolute atomic E-state index is 5.65. The van der Waals surface area contributed by atoms with Crippen molar-refractivity contribution >= 4 is 70.8 Å². The minimum Gasteiger partial charge on any atom is -0.359 e. The number of rotatable bonds is 17. The Morgan fingerprint density at radius 2 is 1.09 bits per heavy atom. The van der Waals surface area contributed by atoms with E-state index in [0.717, 1.165) is 62.2 Å². The topological polar surface area (TPSA) is 41.4 Å². The predicted molar refractivity (Wildman–Crippen MR) is 404 cm³/mol. The Hall–Kier alpha value is -9.51. The van der Waals surface area contributed by atoms with E-state index in [2.05, 4.69) is 270 Å². The first-order valence-electron chi connectivity index (χ1n) is 34.6. The van der Waals surface area contributed by atoms with Gasteiger partial charge in [0, 0.05) is 58.5 Å². The van der Waals surface area contributed by atoms with Gasteiger partial charge in [0.25, 0.3) is 0 Å². The third kappa shape index (κ3) is 14.1. The number of aromatic nitrogens is 2. The van der Waals surface area contributed by atoms with E-state index in [9.17, 15) is 0 Å². The molecule has 4 heteroatoms. The molecule has 468 valence electrons. The van der Waals surface area contributed by atoms with Crippen LogP contribution in [0.15, 0.2) is 254 Å². The third-order valence-electron chi connectivity index (χ3n) is 18.7. The highest BCUT2D eigenvalue weighted by Crippen LogP contribution is 2.46. The lowest BCUT2D eigenvalue weighted by atomic mass is 9.81. The van der Waals surface area contributed by atoms with Crippen molar-refractivity contribution in [1.29, 1.82) is 0 Å². The van der Waals surface area contributed by atoms with Crippen LogP contribution >= 0.6 is 0 Å². The summed E-state index contributed by atoms with van der Waals surface area (Å²) in [4.78, 5) is 17.3. The average Bonchev–Trinajstić information content (AvgIpc) is 0.732. The van der Waals surface area contributed by atoms with Gasteiger partial charge >= 0.3 is 0 Å². The summed E-state index contributed by atoms with van der Waals surface area (Å²) in [5.74, 6) is 0.448. The van der Waals surface area contributed by atoms with Gasteiger partial charge in [-0.3, -0.25) is 9.97 Å². The molecule has 93 heavy (non-hydrogen) atoms. The highest BCUT2D eigenvalue weighted by Gasteiger charge is 2.34. The fraction of sp³-hybridized carbons (Fsp3) is 0.247. The molecular formula is C89H92N4. The Morgan fingerprint density at radius 3 is 1.76 bits per heavy atom. The summed E-state index contributed by atoms with van der Waals surface area (Å²) in [7, 11) is 0. The zero-order valence-electron chi connectivity index (χ0n) is 56.6. The monoisotopic (exact) mass is 1220 g/mol. The number of pyridine rings is 2. The smallest absolute Gasteiger partial charge is 0.0907 e. The van der Waals surface area contributed by atoms with Crippen LogP contribution < -0.4 is 0 Å². The molecule has 0 spiro atoms. The van der Waals surface area contributed by atoms with Crippen LogP contribution in [0.4, 0.5) is 0 Å². The Kier molecular flexibility index (Phi) is 21.5. The van der Waals surface area contributed by atoms with E-state index in [1.165, 1.54) is 151 Å². The first-order chi connectivity index (χ1) is 45.7. The molecule has 14 rings (SSSR count). The minimum absolute atomic E-state index is 0.0117. The SMILES string of the molecule is CC.CC.CCCC(CC)c1cc2c3ccccc3c3ccccc3c2cc1C1=CC(c2ccc3ccccc3c2)=C2N=C(c3c(C)cccc3C)C=CC2N1CCC.Cc1ccc(-c2cccc(CCCCCc3cccnc3)c2)cc1-c1cc2ccccc2cn1. The Morgan fingerprint density at radius 1 is 0.473 bits per heavy atom. The Labute approximate surface area is 554 Å². The lowest BCUT2D eigenvalue weighted by Crippen LogP contribution is -2.39. The number of dihydropyridines is 1. The van der Waals surface area contributed by atoms with Crippen molar-refractivity contribution in [1.82, 2.24) is 14.9 Å². The van der Waals surface area contributed by atoms with E-state index >= 15 is 0 Å². The molecule has 4 heterocycles. The van der Waals surface area contributed by atoms with Crippen molar-refractivity contribution in [2.75, 3.05) is 6.54 Å². The van der Waals surface area contributed by atoms with Crippen molar-refractivity contribution in [3.8, 4) is 22.4 Å². The second-order valence-electron chi connectivity index (χ2n) is 24.7. The molecule has 0 saturated carbocycles. The van der Waals surface area contributed by atoms with Crippen LogP contribution in [0.5, 0.6) is 0 Å². The van der Waals surface area contributed by atoms with Crippen molar-refractivity contribution in [2.45, 2.75) is 139 Å². The van der Waals surface area contributed by atoms with Gasteiger partial charge in [0.15, 0.2) is 0 Å². The molecule has 2 aliphatic rings. The molecule has 2 aliphatic heterocycles. The van der Waals surface area contributed by atoms with E-state index in [4.69, 9.17) is 9.98 Å². The number of unbranched alkanes of at least 4 members (excludes halogenated alkanes) is 2. The molecule has 0 amide bonds. The van der Waals surface area contributed by atoms with Gasteiger partial charge in [0.2, 0.25) is 0 Å². The number of hydrogen-bond donors (Lipinski definition) is 0. The summed E-state index contributed by atoms with van der Waals surface area (Å²) in [5.41, 5.74) is 21.2. The Balaban J connectivity index is 0.000000199. The molecule has 12 aromatic rings. The molecule has 0 N–H and O–H groups in total. The van der Waals surface area contributed by atoms with E-state index in [-0.39, 0.29) is 6.04 Å². The lowest BCUT2D eigenvalue weighted by molar-refractivity contribution is 0.363. The van der Waals surface area contributed by atoms with E-state index in [1.807, 2.05) is 52.4 Å². The second kappa shape index (κ2) is 30.7. The van der Waals surface area contributed by atoms with E-state index in [0.29, 0.717) is 5.92 Å².